The summed E-state index contributed by atoms with van der Waals surface area (Å²) in [5, 5.41) is 6.52. The summed E-state index contributed by atoms with van der Waals surface area (Å²) in [6.07, 6.45) is 1.51. The molecule has 0 fully saturated rings. The number of carbonyl (C=O) groups excluding carboxylic acids is 1. The Morgan fingerprint density at radius 1 is 1.04 bits per heavy atom. The number of amides is 1. The van der Waals surface area contributed by atoms with Gasteiger partial charge in [0.05, 0.1) is 19.9 Å². The van der Waals surface area contributed by atoms with Crippen molar-refractivity contribution in [3.8, 4) is 11.5 Å². The molecule has 0 atom stereocenters. The molecule has 0 aliphatic heterocycles. The summed E-state index contributed by atoms with van der Waals surface area (Å²) in [4.78, 5) is 21.1. The van der Waals surface area contributed by atoms with Crippen LogP contribution in [0.2, 0.25) is 5.02 Å². The van der Waals surface area contributed by atoms with Crippen molar-refractivity contribution in [3.63, 3.8) is 0 Å². The van der Waals surface area contributed by atoms with E-state index < -0.39 is 5.91 Å². The molecule has 1 heterocycles. The molecule has 0 aliphatic carbocycles. The summed E-state index contributed by atoms with van der Waals surface area (Å²) in [5.74, 6) is 1.01. The SMILES string of the molecule is COc1ccc(OC)c(NC(=O)c2ccnc(Nc3ccc(Cl)cc3C)n2)c1. The van der Waals surface area contributed by atoms with Gasteiger partial charge in [0, 0.05) is 23.0 Å². The predicted octanol–water partition coefficient (Wildman–Crippen LogP) is 4.45. The summed E-state index contributed by atoms with van der Waals surface area (Å²) < 4.78 is 10.5. The first-order valence-electron chi connectivity index (χ1n) is 8.39. The van der Waals surface area contributed by atoms with Gasteiger partial charge >= 0.3 is 0 Å². The normalized spacial score (nSPS) is 10.3. The van der Waals surface area contributed by atoms with Crippen LogP contribution < -0.4 is 20.1 Å². The van der Waals surface area contributed by atoms with E-state index >= 15 is 0 Å². The van der Waals surface area contributed by atoms with Crippen molar-refractivity contribution in [3.05, 3.63) is 64.9 Å². The number of anilines is 3. The molecule has 0 unspecified atom stereocenters. The molecule has 0 radical (unpaired) electrons. The highest BCUT2D eigenvalue weighted by molar-refractivity contribution is 6.30. The maximum atomic E-state index is 12.7. The number of nitrogens with one attached hydrogen (secondary N) is 2. The highest BCUT2D eigenvalue weighted by Crippen LogP contribution is 2.29. The quantitative estimate of drug-likeness (QED) is 0.638. The second-order valence-corrected chi connectivity index (χ2v) is 6.31. The molecule has 0 aliphatic rings. The van der Waals surface area contributed by atoms with Crippen molar-refractivity contribution in [1.82, 2.24) is 9.97 Å². The molecule has 1 aromatic heterocycles. The van der Waals surface area contributed by atoms with Crippen LogP contribution in [0.3, 0.4) is 0 Å². The van der Waals surface area contributed by atoms with Gasteiger partial charge in [-0.2, -0.15) is 0 Å². The third-order valence-corrected chi connectivity index (χ3v) is 4.21. The molecule has 0 spiro atoms. The van der Waals surface area contributed by atoms with Gasteiger partial charge in [-0.05, 0) is 48.9 Å². The fourth-order valence-corrected chi connectivity index (χ4v) is 2.76. The Kier molecular flexibility index (Phi) is 5.96. The molecule has 1 amide bonds. The van der Waals surface area contributed by atoms with Crippen LogP contribution in [0.4, 0.5) is 17.3 Å². The monoisotopic (exact) mass is 398 g/mol. The van der Waals surface area contributed by atoms with Crippen LogP contribution in [0.1, 0.15) is 16.1 Å². The zero-order valence-corrected chi connectivity index (χ0v) is 16.4. The Labute approximate surface area is 167 Å². The summed E-state index contributed by atoms with van der Waals surface area (Å²) in [6.45, 7) is 1.92. The predicted molar refractivity (Wildman–Crippen MR) is 109 cm³/mol. The first kappa shape index (κ1) is 19.4. The van der Waals surface area contributed by atoms with E-state index in [0.717, 1.165) is 11.3 Å². The summed E-state index contributed by atoms with van der Waals surface area (Å²) in [6, 6.07) is 12.1. The van der Waals surface area contributed by atoms with Gasteiger partial charge in [0.25, 0.3) is 5.91 Å². The highest BCUT2D eigenvalue weighted by atomic mass is 35.5. The fraction of sp³-hybridized carbons (Fsp3) is 0.150. The molecule has 8 heteroatoms. The Hall–Kier alpha value is -3.32. The third-order valence-electron chi connectivity index (χ3n) is 3.98. The fourth-order valence-electron chi connectivity index (χ4n) is 2.53. The van der Waals surface area contributed by atoms with Crippen LogP contribution in [0, 0.1) is 6.92 Å². The van der Waals surface area contributed by atoms with E-state index in [-0.39, 0.29) is 5.69 Å². The lowest BCUT2D eigenvalue weighted by Gasteiger charge is -2.12. The molecule has 2 aromatic carbocycles. The van der Waals surface area contributed by atoms with Crippen molar-refractivity contribution in [2.75, 3.05) is 24.9 Å². The van der Waals surface area contributed by atoms with E-state index in [1.165, 1.54) is 19.4 Å². The molecule has 3 rings (SSSR count). The number of hydrogen-bond donors (Lipinski definition) is 2. The molecule has 3 aromatic rings. The van der Waals surface area contributed by atoms with Crippen LogP contribution in [-0.2, 0) is 0 Å². The van der Waals surface area contributed by atoms with Crippen LogP contribution >= 0.6 is 11.6 Å². The van der Waals surface area contributed by atoms with E-state index in [1.807, 2.05) is 19.1 Å². The molecule has 28 heavy (non-hydrogen) atoms. The third kappa shape index (κ3) is 4.50. The molecular weight excluding hydrogens is 380 g/mol. The zero-order chi connectivity index (χ0) is 20.1. The summed E-state index contributed by atoms with van der Waals surface area (Å²) >= 11 is 5.98. The number of benzene rings is 2. The van der Waals surface area contributed by atoms with Crippen molar-refractivity contribution in [2.45, 2.75) is 6.92 Å². The average Bonchev–Trinajstić information content (AvgIpc) is 2.70. The Balaban J connectivity index is 1.81. The first-order chi connectivity index (χ1) is 13.5. The van der Waals surface area contributed by atoms with Gasteiger partial charge < -0.3 is 20.1 Å². The lowest BCUT2D eigenvalue weighted by molar-refractivity contribution is 0.102. The number of hydrogen-bond acceptors (Lipinski definition) is 6. The van der Waals surface area contributed by atoms with Crippen molar-refractivity contribution in [1.29, 1.82) is 0 Å². The number of nitrogens with zero attached hydrogens (tertiary/aromatic N) is 2. The number of carbonyl (C=O) groups is 1. The maximum Gasteiger partial charge on any atom is 0.274 e. The van der Waals surface area contributed by atoms with Gasteiger partial charge in [-0.25, -0.2) is 9.97 Å². The number of aromatic nitrogens is 2. The van der Waals surface area contributed by atoms with Crippen molar-refractivity contribution in [2.24, 2.45) is 0 Å². The second-order valence-electron chi connectivity index (χ2n) is 5.87. The minimum Gasteiger partial charge on any atom is -0.497 e. The van der Waals surface area contributed by atoms with Gasteiger partial charge in [0.1, 0.15) is 17.2 Å². The lowest BCUT2D eigenvalue weighted by atomic mass is 10.2. The Bertz CT molecular complexity index is 1010. The number of ether oxygens (including phenoxy) is 2. The van der Waals surface area contributed by atoms with Gasteiger partial charge in [0.15, 0.2) is 0 Å². The molecule has 144 valence electrons. The van der Waals surface area contributed by atoms with Gasteiger partial charge in [-0.1, -0.05) is 11.6 Å². The Morgan fingerprint density at radius 3 is 2.57 bits per heavy atom. The maximum absolute atomic E-state index is 12.7. The average molecular weight is 399 g/mol. The topological polar surface area (TPSA) is 85.4 Å². The minimum absolute atomic E-state index is 0.203. The molecule has 2 N–H and O–H groups in total. The summed E-state index contributed by atoms with van der Waals surface area (Å²) in [5.41, 5.74) is 2.42. The van der Waals surface area contributed by atoms with E-state index in [2.05, 4.69) is 20.6 Å². The van der Waals surface area contributed by atoms with E-state index in [4.69, 9.17) is 21.1 Å². The number of aryl methyl sites for hydroxylation is 1. The van der Waals surface area contributed by atoms with Gasteiger partial charge in [-0.15, -0.1) is 0 Å². The molecule has 0 saturated carbocycles. The molecular formula is C20H19ClN4O3. The molecule has 7 nitrogen and oxygen atoms in total. The van der Waals surface area contributed by atoms with Gasteiger partial charge in [-0.3, -0.25) is 4.79 Å². The van der Waals surface area contributed by atoms with E-state index in [1.54, 1.807) is 31.4 Å². The van der Waals surface area contributed by atoms with Crippen LogP contribution in [0.25, 0.3) is 0 Å². The minimum atomic E-state index is -0.398. The first-order valence-corrected chi connectivity index (χ1v) is 8.77. The number of methoxy groups -OCH3 is 2. The molecule has 0 saturated heterocycles. The van der Waals surface area contributed by atoms with Crippen LogP contribution in [-0.4, -0.2) is 30.1 Å². The largest absolute Gasteiger partial charge is 0.497 e. The second kappa shape index (κ2) is 8.58. The standard InChI is InChI=1S/C20H19ClN4O3/c1-12-10-13(21)4-6-15(12)24-20-22-9-8-16(25-20)19(26)23-17-11-14(27-2)5-7-18(17)28-3/h4-11H,1-3H3,(H,23,26)(H,22,24,25). The summed E-state index contributed by atoms with van der Waals surface area (Å²) in [7, 11) is 3.08. The van der Waals surface area contributed by atoms with Crippen molar-refractivity contribution >= 4 is 34.8 Å². The Morgan fingerprint density at radius 2 is 1.86 bits per heavy atom. The van der Waals surface area contributed by atoms with Crippen LogP contribution in [0.5, 0.6) is 11.5 Å². The number of rotatable bonds is 6. The smallest absolute Gasteiger partial charge is 0.274 e. The molecule has 0 bridgehead atoms. The highest BCUT2D eigenvalue weighted by Gasteiger charge is 2.13. The van der Waals surface area contributed by atoms with E-state index in [0.29, 0.717) is 28.2 Å². The zero-order valence-electron chi connectivity index (χ0n) is 15.6. The van der Waals surface area contributed by atoms with Gasteiger partial charge in [0.2, 0.25) is 5.95 Å². The van der Waals surface area contributed by atoms with Crippen molar-refractivity contribution < 1.29 is 14.3 Å². The van der Waals surface area contributed by atoms with Crippen LogP contribution in [0.15, 0.2) is 48.7 Å². The van der Waals surface area contributed by atoms with E-state index in [9.17, 15) is 4.79 Å². The number of halogens is 1. The lowest BCUT2D eigenvalue weighted by Crippen LogP contribution is -2.15.